The second-order valence-corrected chi connectivity index (χ2v) is 6.82. The van der Waals surface area contributed by atoms with E-state index >= 15 is 0 Å². The summed E-state index contributed by atoms with van der Waals surface area (Å²) >= 11 is 0. The van der Waals surface area contributed by atoms with Crippen LogP contribution in [0.1, 0.15) is 60.5 Å². The van der Waals surface area contributed by atoms with Gasteiger partial charge >= 0.3 is 0 Å². The van der Waals surface area contributed by atoms with E-state index in [0.29, 0.717) is 18.2 Å². The van der Waals surface area contributed by atoms with Gasteiger partial charge in [0.2, 0.25) is 5.91 Å². The molecule has 1 aromatic carbocycles. The van der Waals surface area contributed by atoms with Crippen LogP contribution in [0.15, 0.2) is 36.5 Å². The molecule has 0 aliphatic heterocycles. The van der Waals surface area contributed by atoms with Crippen LogP contribution < -0.4 is 10.6 Å². The van der Waals surface area contributed by atoms with E-state index in [-0.39, 0.29) is 18.2 Å². The van der Waals surface area contributed by atoms with Crippen LogP contribution in [0.25, 0.3) is 0 Å². The van der Waals surface area contributed by atoms with Gasteiger partial charge < -0.3 is 10.6 Å². The normalized spacial score (nSPS) is 14.8. The van der Waals surface area contributed by atoms with Gasteiger partial charge in [0.25, 0.3) is 5.91 Å². The average molecular weight is 354 g/mol. The molecule has 6 heteroatoms. The molecule has 1 aliphatic rings. The fourth-order valence-corrected chi connectivity index (χ4v) is 3.45. The zero-order valence-electron chi connectivity index (χ0n) is 15.2. The fourth-order valence-electron chi connectivity index (χ4n) is 3.45. The Balaban J connectivity index is 1.48. The molecule has 1 fully saturated rings. The number of nitrogens with one attached hydrogen (secondary N) is 2. The van der Waals surface area contributed by atoms with E-state index in [4.69, 9.17) is 0 Å². The van der Waals surface area contributed by atoms with Gasteiger partial charge in [-0.1, -0.05) is 37.5 Å². The highest BCUT2D eigenvalue weighted by atomic mass is 16.2. The summed E-state index contributed by atoms with van der Waals surface area (Å²) in [6.45, 7) is 2.20. The maximum absolute atomic E-state index is 12.2. The molecule has 0 spiro atoms. The topological polar surface area (TPSA) is 76.0 Å². The van der Waals surface area contributed by atoms with E-state index in [1.807, 2.05) is 35.9 Å². The molecule has 0 unspecified atom stereocenters. The first-order chi connectivity index (χ1) is 12.6. The molecule has 0 saturated heterocycles. The van der Waals surface area contributed by atoms with Crippen LogP contribution in [0.3, 0.4) is 0 Å². The molecule has 138 valence electrons. The summed E-state index contributed by atoms with van der Waals surface area (Å²) in [5.74, 6) is 0.475. The lowest BCUT2D eigenvalue weighted by Gasteiger charge is -2.23. The molecule has 1 aliphatic carbocycles. The number of amides is 2. The Labute approximate surface area is 154 Å². The van der Waals surface area contributed by atoms with Crippen LogP contribution in [-0.4, -0.2) is 28.1 Å². The van der Waals surface area contributed by atoms with Gasteiger partial charge in [-0.25, -0.2) is 4.68 Å². The molecule has 1 heterocycles. The molecular weight excluding hydrogens is 328 g/mol. The summed E-state index contributed by atoms with van der Waals surface area (Å²) in [5.41, 5.74) is 1.56. The van der Waals surface area contributed by atoms with Gasteiger partial charge in [-0.15, -0.1) is 0 Å². The molecule has 3 rings (SSSR count). The molecule has 0 atom stereocenters. The largest absolute Gasteiger partial charge is 0.352 e. The molecule has 2 aromatic rings. The van der Waals surface area contributed by atoms with Crippen molar-refractivity contribution in [2.75, 3.05) is 11.9 Å². The summed E-state index contributed by atoms with van der Waals surface area (Å²) in [4.78, 5) is 24.4. The molecule has 26 heavy (non-hydrogen) atoms. The number of aromatic nitrogens is 2. The highest BCUT2D eigenvalue weighted by Crippen LogP contribution is 2.29. The maximum Gasteiger partial charge on any atom is 0.251 e. The van der Waals surface area contributed by atoms with Gasteiger partial charge in [-0.2, -0.15) is 5.10 Å². The number of rotatable bonds is 6. The van der Waals surface area contributed by atoms with E-state index in [2.05, 4.69) is 15.7 Å². The van der Waals surface area contributed by atoms with Gasteiger partial charge in [0.1, 0.15) is 5.82 Å². The number of carbonyl (C=O) groups is 2. The Kier molecular flexibility index (Phi) is 6.04. The van der Waals surface area contributed by atoms with Crippen molar-refractivity contribution in [3.05, 3.63) is 47.7 Å². The number of hydrogen-bond donors (Lipinski definition) is 2. The van der Waals surface area contributed by atoms with Crippen molar-refractivity contribution in [1.29, 1.82) is 0 Å². The fraction of sp³-hybridized carbons (Fsp3) is 0.450. The number of hydrogen-bond acceptors (Lipinski definition) is 3. The molecule has 0 bridgehead atoms. The lowest BCUT2D eigenvalue weighted by Crippen LogP contribution is -2.28. The lowest BCUT2D eigenvalue weighted by atomic mass is 9.96. The molecule has 2 amide bonds. The van der Waals surface area contributed by atoms with E-state index in [1.54, 1.807) is 12.3 Å². The van der Waals surface area contributed by atoms with Crippen LogP contribution in [0.5, 0.6) is 0 Å². The Morgan fingerprint density at radius 3 is 2.69 bits per heavy atom. The summed E-state index contributed by atoms with van der Waals surface area (Å²) in [6.07, 6.45) is 7.87. The third kappa shape index (κ3) is 4.50. The van der Waals surface area contributed by atoms with Gasteiger partial charge in [-0.05, 0) is 31.4 Å². The molecule has 6 nitrogen and oxygen atoms in total. The van der Waals surface area contributed by atoms with Crippen molar-refractivity contribution in [3.63, 3.8) is 0 Å². The van der Waals surface area contributed by atoms with E-state index < -0.39 is 0 Å². The molecular formula is C20H26N4O2. The quantitative estimate of drug-likeness (QED) is 0.834. The number of benzene rings is 1. The van der Waals surface area contributed by atoms with Crippen molar-refractivity contribution in [2.24, 2.45) is 0 Å². The second kappa shape index (κ2) is 8.65. The third-order valence-corrected chi connectivity index (χ3v) is 4.89. The maximum atomic E-state index is 12.2. The minimum Gasteiger partial charge on any atom is -0.352 e. The van der Waals surface area contributed by atoms with Crippen molar-refractivity contribution < 1.29 is 9.59 Å². The Morgan fingerprint density at radius 1 is 1.15 bits per heavy atom. The zero-order chi connectivity index (χ0) is 18.4. The first-order valence-corrected chi connectivity index (χ1v) is 9.32. The third-order valence-electron chi connectivity index (χ3n) is 4.89. The Bertz CT molecular complexity index is 763. The van der Waals surface area contributed by atoms with Gasteiger partial charge in [0, 0.05) is 24.6 Å². The van der Waals surface area contributed by atoms with Crippen molar-refractivity contribution in [1.82, 2.24) is 15.1 Å². The summed E-state index contributed by atoms with van der Waals surface area (Å²) in [7, 11) is 0. The Hall–Kier alpha value is -2.63. The first-order valence-electron chi connectivity index (χ1n) is 9.32. The van der Waals surface area contributed by atoms with Crippen molar-refractivity contribution in [3.8, 4) is 0 Å². The van der Waals surface area contributed by atoms with Crippen molar-refractivity contribution >= 4 is 17.6 Å². The van der Waals surface area contributed by atoms with Gasteiger partial charge in [-0.3, -0.25) is 9.59 Å². The highest BCUT2D eigenvalue weighted by Gasteiger charge is 2.19. The number of carbonyl (C=O) groups excluding carboxylic acids is 2. The minimum absolute atomic E-state index is 0.118. The number of anilines is 1. The van der Waals surface area contributed by atoms with Crippen molar-refractivity contribution in [2.45, 2.75) is 51.5 Å². The predicted octanol–water partition coefficient (Wildman–Crippen LogP) is 3.46. The number of aryl methyl sites for hydroxylation is 1. The number of nitrogens with zero attached hydrogens (tertiary/aromatic N) is 2. The molecule has 1 aromatic heterocycles. The SMILES string of the molecule is Cc1ccccc1C(=O)NCCC(=O)Nc1ccnn1C1CCCCC1. The monoisotopic (exact) mass is 354 g/mol. The smallest absolute Gasteiger partial charge is 0.251 e. The van der Waals surface area contributed by atoms with Gasteiger partial charge in [0.15, 0.2) is 0 Å². The first kappa shape index (κ1) is 18.2. The van der Waals surface area contributed by atoms with Crippen LogP contribution in [-0.2, 0) is 4.79 Å². The minimum atomic E-state index is -0.150. The van der Waals surface area contributed by atoms with Crippen LogP contribution >= 0.6 is 0 Å². The van der Waals surface area contributed by atoms with Crippen LogP contribution in [0.2, 0.25) is 0 Å². The molecule has 0 radical (unpaired) electrons. The lowest BCUT2D eigenvalue weighted by molar-refractivity contribution is -0.116. The second-order valence-electron chi connectivity index (χ2n) is 6.82. The van der Waals surface area contributed by atoms with Gasteiger partial charge in [0.05, 0.1) is 12.2 Å². The van der Waals surface area contributed by atoms with E-state index in [0.717, 1.165) is 24.2 Å². The standard InChI is InChI=1S/C20H26N4O2/c1-15-7-5-6-10-17(15)20(26)21-13-12-19(25)23-18-11-14-22-24(18)16-8-3-2-4-9-16/h5-7,10-11,14,16H,2-4,8-9,12-13H2,1H3,(H,21,26)(H,23,25). The highest BCUT2D eigenvalue weighted by molar-refractivity contribution is 5.96. The summed E-state index contributed by atoms with van der Waals surface area (Å²) < 4.78 is 1.93. The summed E-state index contributed by atoms with van der Waals surface area (Å²) in [5, 5.41) is 10.1. The molecule has 1 saturated carbocycles. The average Bonchev–Trinajstić information content (AvgIpc) is 3.10. The Morgan fingerprint density at radius 2 is 1.92 bits per heavy atom. The predicted molar refractivity (Wildman–Crippen MR) is 101 cm³/mol. The van der Waals surface area contributed by atoms with Crippen LogP contribution in [0, 0.1) is 6.92 Å². The van der Waals surface area contributed by atoms with Crippen LogP contribution in [0.4, 0.5) is 5.82 Å². The zero-order valence-corrected chi connectivity index (χ0v) is 15.2. The van der Waals surface area contributed by atoms with E-state index in [1.165, 1.54) is 19.3 Å². The molecule has 2 N–H and O–H groups in total. The van der Waals surface area contributed by atoms with E-state index in [9.17, 15) is 9.59 Å². The summed E-state index contributed by atoms with van der Waals surface area (Å²) in [6, 6.07) is 9.62.